The maximum Gasteiger partial charge on any atom is 0.242 e. The van der Waals surface area contributed by atoms with Crippen molar-refractivity contribution in [2.45, 2.75) is 46.6 Å². The van der Waals surface area contributed by atoms with Crippen LogP contribution >= 0.6 is 0 Å². The van der Waals surface area contributed by atoms with E-state index in [1.807, 2.05) is 32.6 Å². The van der Waals surface area contributed by atoms with Crippen LogP contribution in [0.25, 0.3) is 0 Å². The van der Waals surface area contributed by atoms with E-state index in [9.17, 15) is 9.59 Å². The first-order valence-electron chi connectivity index (χ1n) is 6.99. The van der Waals surface area contributed by atoms with Gasteiger partial charge >= 0.3 is 0 Å². The van der Waals surface area contributed by atoms with Crippen molar-refractivity contribution >= 4 is 11.8 Å². The summed E-state index contributed by atoms with van der Waals surface area (Å²) in [7, 11) is 0. The average Bonchev–Trinajstić information content (AvgIpc) is 2.65. The molecule has 0 spiro atoms. The Morgan fingerprint density at radius 3 is 2.47 bits per heavy atom. The van der Waals surface area contributed by atoms with Crippen molar-refractivity contribution < 1.29 is 9.59 Å². The van der Waals surface area contributed by atoms with Gasteiger partial charge in [0.1, 0.15) is 0 Å². The second kappa shape index (κ2) is 6.37. The molecule has 2 amide bonds. The molecule has 1 aliphatic heterocycles. The van der Waals surface area contributed by atoms with Crippen molar-refractivity contribution in [3.63, 3.8) is 0 Å². The van der Waals surface area contributed by atoms with Gasteiger partial charge in [0, 0.05) is 19.0 Å². The van der Waals surface area contributed by atoms with Gasteiger partial charge in [0.2, 0.25) is 11.8 Å². The molecule has 1 aliphatic rings. The van der Waals surface area contributed by atoms with Crippen molar-refractivity contribution in [1.29, 1.82) is 0 Å². The molecule has 0 aromatic heterocycles. The highest BCUT2D eigenvalue weighted by molar-refractivity contribution is 5.85. The standard InChI is InChI=1S/C14H27N3O2/c1-10-5-11(7-15)9-17(10)13(19)8-16-12(18)6-14(2,3)4/h10-11H,5-9,15H2,1-4H3,(H,16,18). The number of rotatable bonds is 4. The number of nitrogens with two attached hydrogens (primary N) is 1. The lowest BCUT2D eigenvalue weighted by Crippen LogP contribution is -2.42. The van der Waals surface area contributed by atoms with Crippen LogP contribution in [0.5, 0.6) is 0 Å². The molecule has 110 valence electrons. The fourth-order valence-electron chi connectivity index (χ4n) is 2.48. The number of hydrogen-bond donors (Lipinski definition) is 2. The van der Waals surface area contributed by atoms with Crippen LogP contribution < -0.4 is 11.1 Å². The lowest BCUT2D eigenvalue weighted by molar-refractivity contribution is -0.133. The number of hydrogen-bond acceptors (Lipinski definition) is 3. The van der Waals surface area contributed by atoms with Crippen LogP contribution in [0.2, 0.25) is 0 Å². The Hall–Kier alpha value is -1.10. The van der Waals surface area contributed by atoms with Gasteiger partial charge in [-0.05, 0) is 31.2 Å². The zero-order valence-electron chi connectivity index (χ0n) is 12.5. The molecule has 1 rings (SSSR count). The van der Waals surface area contributed by atoms with E-state index in [1.165, 1.54) is 0 Å². The predicted molar refractivity (Wildman–Crippen MR) is 75.4 cm³/mol. The lowest BCUT2D eigenvalue weighted by Gasteiger charge is -2.22. The Labute approximate surface area is 115 Å². The van der Waals surface area contributed by atoms with E-state index in [4.69, 9.17) is 5.73 Å². The lowest BCUT2D eigenvalue weighted by atomic mass is 9.92. The molecule has 0 radical (unpaired) electrons. The molecule has 1 saturated heterocycles. The summed E-state index contributed by atoms with van der Waals surface area (Å²) >= 11 is 0. The molecule has 5 heteroatoms. The maximum atomic E-state index is 12.1. The molecule has 0 aromatic rings. The topological polar surface area (TPSA) is 75.4 Å². The predicted octanol–water partition coefficient (Wildman–Crippen LogP) is 0.735. The van der Waals surface area contributed by atoms with E-state index in [-0.39, 0.29) is 29.8 Å². The number of carbonyl (C=O) groups excluding carboxylic acids is 2. The first-order chi connectivity index (χ1) is 8.73. The van der Waals surface area contributed by atoms with Crippen LogP contribution in [-0.2, 0) is 9.59 Å². The van der Waals surface area contributed by atoms with Crippen molar-refractivity contribution in [3.05, 3.63) is 0 Å². The first kappa shape index (κ1) is 16.0. The number of carbonyl (C=O) groups is 2. The second-order valence-electron chi connectivity index (χ2n) is 6.75. The molecule has 0 aromatic carbocycles. The van der Waals surface area contributed by atoms with Crippen molar-refractivity contribution in [3.8, 4) is 0 Å². The summed E-state index contributed by atoms with van der Waals surface area (Å²) in [6, 6.07) is 0.223. The van der Waals surface area contributed by atoms with Crippen LogP contribution in [0, 0.1) is 11.3 Å². The highest BCUT2D eigenvalue weighted by Crippen LogP contribution is 2.22. The minimum atomic E-state index is -0.0666. The summed E-state index contributed by atoms with van der Waals surface area (Å²) in [5.74, 6) is 0.318. The zero-order valence-corrected chi connectivity index (χ0v) is 12.5. The Kier molecular flexibility index (Phi) is 5.35. The molecule has 1 heterocycles. The van der Waals surface area contributed by atoms with Crippen LogP contribution in [0.1, 0.15) is 40.5 Å². The van der Waals surface area contributed by atoms with Gasteiger partial charge in [-0.2, -0.15) is 0 Å². The van der Waals surface area contributed by atoms with Gasteiger partial charge in [-0.1, -0.05) is 20.8 Å². The van der Waals surface area contributed by atoms with E-state index < -0.39 is 0 Å². The monoisotopic (exact) mass is 269 g/mol. The molecule has 0 saturated carbocycles. The van der Waals surface area contributed by atoms with Crippen LogP contribution in [0.15, 0.2) is 0 Å². The van der Waals surface area contributed by atoms with Gasteiger partial charge in [-0.25, -0.2) is 0 Å². The molecule has 5 nitrogen and oxygen atoms in total. The number of amides is 2. The molecule has 2 atom stereocenters. The Balaban J connectivity index is 2.38. The Morgan fingerprint density at radius 2 is 2.00 bits per heavy atom. The van der Waals surface area contributed by atoms with Crippen molar-refractivity contribution in [2.24, 2.45) is 17.1 Å². The number of nitrogens with one attached hydrogen (secondary N) is 1. The van der Waals surface area contributed by atoms with Gasteiger partial charge in [-0.3, -0.25) is 9.59 Å². The van der Waals surface area contributed by atoms with Crippen LogP contribution in [-0.4, -0.2) is 42.4 Å². The van der Waals surface area contributed by atoms with E-state index in [0.29, 0.717) is 25.4 Å². The summed E-state index contributed by atoms with van der Waals surface area (Å²) in [6.07, 6.45) is 1.39. The smallest absolute Gasteiger partial charge is 0.242 e. The molecule has 3 N–H and O–H groups in total. The molecule has 0 aliphatic carbocycles. The SMILES string of the molecule is CC1CC(CN)CN1C(=O)CNC(=O)CC(C)(C)C. The van der Waals surface area contributed by atoms with Gasteiger partial charge in [0.25, 0.3) is 0 Å². The fraction of sp³-hybridized carbons (Fsp3) is 0.857. The number of likely N-dealkylation sites (tertiary alicyclic amines) is 1. The maximum absolute atomic E-state index is 12.1. The summed E-state index contributed by atoms with van der Waals surface area (Å²) in [4.78, 5) is 25.6. The minimum Gasteiger partial charge on any atom is -0.347 e. The largest absolute Gasteiger partial charge is 0.347 e. The normalized spacial score (nSPS) is 23.5. The van der Waals surface area contributed by atoms with E-state index in [1.54, 1.807) is 0 Å². The highest BCUT2D eigenvalue weighted by Gasteiger charge is 2.31. The number of nitrogens with zero attached hydrogens (tertiary/aromatic N) is 1. The van der Waals surface area contributed by atoms with Gasteiger partial charge in [-0.15, -0.1) is 0 Å². The Bertz CT molecular complexity index is 336. The van der Waals surface area contributed by atoms with Gasteiger partial charge in [0.05, 0.1) is 6.54 Å². The van der Waals surface area contributed by atoms with E-state index in [2.05, 4.69) is 5.32 Å². The van der Waals surface area contributed by atoms with E-state index in [0.717, 1.165) is 6.42 Å². The van der Waals surface area contributed by atoms with Gasteiger partial charge in [0.15, 0.2) is 0 Å². The van der Waals surface area contributed by atoms with Crippen LogP contribution in [0.3, 0.4) is 0 Å². The average molecular weight is 269 g/mol. The third-order valence-electron chi connectivity index (χ3n) is 3.44. The summed E-state index contributed by atoms with van der Waals surface area (Å²) < 4.78 is 0. The van der Waals surface area contributed by atoms with Crippen molar-refractivity contribution in [1.82, 2.24) is 10.2 Å². The molecule has 19 heavy (non-hydrogen) atoms. The zero-order chi connectivity index (χ0) is 14.6. The van der Waals surface area contributed by atoms with Gasteiger partial charge < -0.3 is 16.0 Å². The third kappa shape index (κ3) is 5.19. The Morgan fingerprint density at radius 1 is 1.37 bits per heavy atom. The summed E-state index contributed by atoms with van der Waals surface area (Å²) in [6.45, 7) is 9.46. The molecule has 1 fully saturated rings. The molecular formula is C14H27N3O2. The molecular weight excluding hydrogens is 242 g/mol. The molecule has 0 bridgehead atoms. The van der Waals surface area contributed by atoms with E-state index >= 15 is 0 Å². The summed E-state index contributed by atoms with van der Waals surface area (Å²) in [5.41, 5.74) is 5.59. The van der Waals surface area contributed by atoms with Crippen molar-refractivity contribution in [2.75, 3.05) is 19.6 Å². The van der Waals surface area contributed by atoms with Crippen LogP contribution in [0.4, 0.5) is 0 Å². The summed E-state index contributed by atoms with van der Waals surface area (Å²) in [5, 5.41) is 2.71. The highest BCUT2D eigenvalue weighted by atomic mass is 16.2. The third-order valence-corrected chi connectivity index (χ3v) is 3.44. The minimum absolute atomic E-state index is 0.00860. The second-order valence-corrected chi connectivity index (χ2v) is 6.75. The first-order valence-corrected chi connectivity index (χ1v) is 6.99. The molecule has 2 unspecified atom stereocenters. The quantitative estimate of drug-likeness (QED) is 0.790. The fourth-order valence-corrected chi connectivity index (χ4v) is 2.48.